The van der Waals surface area contributed by atoms with Crippen LogP contribution in [0.2, 0.25) is 0 Å². The molecular formula is C7H10O3. The fraction of sp³-hybridized carbons (Fsp3) is 1.00. The van der Waals surface area contributed by atoms with Crippen LogP contribution in [0.15, 0.2) is 0 Å². The summed E-state index contributed by atoms with van der Waals surface area (Å²) in [6, 6.07) is 0. The van der Waals surface area contributed by atoms with E-state index in [0.717, 1.165) is 0 Å². The molecule has 4 aliphatic rings. The SMILES string of the molecule is OC1C2C3C2[C@H](O)C1[C@@H]3O. The Hall–Kier alpha value is -0.120. The second-order valence-corrected chi connectivity index (χ2v) is 3.78. The molecule has 0 radical (unpaired) electrons. The van der Waals surface area contributed by atoms with Crippen LogP contribution in [0.25, 0.3) is 0 Å². The normalized spacial score (nSPS) is 76.5. The van der Waals surface area contributed by atoms with Crippen LogP contribution >= 0.6 is 0 Å². The zero-order valence-corrected chi connectivity index (χ0v) is 5.38. The molecule has 4 aliphatic carbocycles. The Morgan fingerprint density at radius 2 is 0.800 bits per heavy atom. The van der Waals surface area contributed by atoms with Crippen molar-refractivity contribution < 1.29 is 15.3 Å². The third-order valence-electron chi connectivity index (χ3n) is 3.56. The highest BCUT2D eigenvalue weighted by molar-refractivity contribution is 5.25. The van der Waals surface area contributed by atoms with Gasteiger partial charge in [0.2, 0.25) is 0 Å². The lowest BCUT2D eigenvalue weighted by atomic mass is 10.1. The molecule has 56 valence electrons. The maximum atomic E-state index is 9.37. The number of rotatable bonds is 0. The Kier molecular flexibility index (Phi) is 0.698. The first-order chi connectivity index (χ1) is 4.73. The zero-order valence-electron chi connectivity index (χ0n) is 5.38. The van der Waals surface area contributed by atoms with Crippen molar-refractivity contribution in [2.75, 3.05) is 0 Å². The number of aliphatic hydroxyl groups excluding tert-OH is 3. The maximum Gasteiger partial charge on any atom is 0.0653 e. The topological polar surface area (TPSA) is 60.7 Å². The van der Waals surface area contributed by atoms with Gasteiger partial charge >= 0.3 is 0 Å². The van der Waals surface area contributed by atoms with Gasteiger partial charge in [0.15, 0.2) is 0 Å². The predicted octanol–water partition coefficient (Wildman–Crippen LogP) is -1.43. The average Bonchev–Trinajstić information content (AvgIpc) is 2.39. The Balaban J connectivity index is 2.06. The lowest BCUT2D eigenvalue weighted by Gasteiger charge is -2.13. The molecule has 3 heteroatoms. The van der Waals surface area contributed by atoms with E-state index in [1.807, 2.05) is 0 Å². The minimum absolute atomic E-state index is 0.222. The molecule has 4 bridgehead atoms. The Morgan fingerprint density at radius 1 is 0.500 bits per heavy atom. The van der Waals surface area contributed by atoms with Crippen LogP contribution in [0.5, 0.6) is 0 Å². The molecule has 0 aliphatic heterocycles. The second-order valence-electron chi connectivity index (χ2n) is 3.78. The van der Waals surface area contributed by atoms with E-state index in [9.17, 15) is 15.3 Å². The van der Waals surface area contributed by atoms with Crippen LogP contribution in [0.3, 0.4) is 0 Å². The fourth-order valence-corrected chi connectivity index (χ4v) is 3.13. The van der Waals surface area contributed by atoms with Gasteiger partial charge in [-0.3, -0.25) is 0 Å². The molecule has 4 rings (SSSR count). The molecule has 3 nitrogen and oxygen atoms in total. The summed E-state index contributed by atoms with van der Waals surface area (Å²) in [5, 5.41) is 28.1. The average molecular weight is 142 g/mol. The molecule has 0 aromatic carbocycles. The Bertz CT molecular complexity index is 146. The zero-order chi connectivity index (χ0) is 7.04. The lowest BCUT2D eigenvalue weighted by molar-refractivity contribution is 0.0205. The first-order valence-corrected chi connectivity index (χ1v) is 3.77. The molecule has 4 fully saturated rings. The Morgan fingerprint density at radius 3 is 0.900 bits per heavy atom. The van der Waals surface area contributed by atoms with E-state index in [2.05, 4.69) is 0 Å². The van der Waals surface area contributed by atoms with Crippen molar-refractivity contribution in [3.8, 4) is 0 Å². The van der Waals surface area contributed by atoms with Crippen molar-refractivity contribution in [3.63, 3.8) is 0 Å². The summed E-state index contributed by atoms with van der Waals surface area (Å²) < 4.78 is 0. The van der Waals surface area contributed by atoms with E-state index in [1.165, 1.54) is 0 Å². The quantitative estimate of drug-likeness (QED) is 0.389. The molecule has 5 unspecified atom stereocenters. The van der Waals surface area contributed by atoms with Gasteiger partial charge in [0.25, 0.3) is 0 Å². The van der Waals surface area contributed by atoms with E-state index in [1.54, 1.807) is 0 Å². The predicted molar refractivity (Wildman–Crippen MR) is 32.0 cm³/mol. The first-order valence-electron chi connectivity index (χ1n) is 3.77. The van der Waals surface area contributed by atoms with Gasteiger partial charge < -0.3 is 15.3 Å². The number of hydrogen-bond acceptors (Lipinski definition) is 3. The fourth-order valence-electron chi connectivity index (χ4n) is 3.13. The summed E-state index contributed by atoms with van der Waals surface area (Å²) in [7, 11) is 0. The largest absolute Gasteiger partial charge is 0.392 e. The van der Waals surface area contributed by atoms with Crippen LogP contribution in [0.1, 0.15) is 0 Å². The van der Waals surface area contributed by atoms with Gasteiger partial charge in [-0.2, -0.15) is 0 Å². The van der Waals surface area contributed by atoms with Crippen LogP contribution in [-0.4, -0.2) is 33.6 Å². The molecular weight excluding hydrogens is 132 g/mol. The maximum absolute atomic E-state index is 9.37. The summed E-state index contributed by atoms with van der Waals surface area (Å²) in [6.45, 7) is 0. The summed E-state index contributed by atoms with van der Waals surface area (Å²) in [5.74, 6) is 0.472. The van der Waals surface area contributed by atoms with E-state index < -0.39 is 18.3 Å². The van der Waals surface area contributed by atoms with Crippen molar-refractivity contribution in [1.82, 2.24) is 0 Å². The number of hydrogen-bond donors (Lipinski definition) is 3. The molecule has 4 saturated carbocycles. The van der Waals surface area contributed by atoms with E-state index in [4.69, 9.17) is 0 Å². The summed E-state index contributed by atoms with van der Waals surface area (Å²) >= 11 is 0. The van der Waals surface area contributed by atoms with Gasteiger partial charge in [0, 0.05) is 5.92 Å². The Labute approximate surface area is 58.3 Å². The van der Waals surface area contributed by atoms with Crippen molar-refractivity contribution >= 4 is 0 Å². The molecule has 0 aromatic rings. The highest BCUT2D eigenvalue weighted by atomic mass is 16.3. The van der Waals surface area contributed by atoms with Crippen molar-refractivity contribution in [3.05, 3.63) is 0 Å². The lowest BCUT2D eigenvalue weighted by Crippen LogP contribution is -2.27. The molecule has 0 aromatic heterocycles. The monoisotopic (exact) mass is 142 g/mol. The third kappa shape index (κ3) is 0.325. The van der Waals surface area contributed by atoms with Gasteiger partial charge in [-0.15, -0.1) is 0 Å². The van der Waals surface area contributed by atoms with Crippen LogP contribution in [-0.2, 0) is 0 Å². The van der Waals surface area contributed by atoms with E-state index in [0.29, 0.717) is 0 Å². The van der Waals surface area contributed by atoms with Crippen LogP contribution in [0.4, 0.5) is 0 Å². The van der Waals surface area contributed by atoms with Gasteiger partial charge in [-0.05, 0) is 17.8 Å². The molecule has 7 atom stereocenters. The van der Waals surface area contributed by atoms with Crippen molar-refractivity contribution in [2.24, 2.45) is 23.7 Å². The number of aliphatic hydroxyl groups is 3. The van der Waals surface area contributed by atoms with Gasteiger partial charge in [0.1, 0.15) is 0 Å². The molecule has 0 spiro atoms. The van der Waals surface area contributed by atoms with Crippen molar-refractivity contribution in [1.29, 1.82) is 0 Å². The molecule has 0 heterocycles. The standard InChI is InChI=1S/C7H10O3/c8-5-1-2-3(1)7(10)4(5)6(2)9/h1-10H/t1?,2?,3?,4?,5-,6+,7?. The third-order valence-corrected chi connectivity index (χ3v) is 3.56. The summed E-state index contributed by atoms with van der Waals surface area (Å²) in [6.07, 6.45) is -1.25. The summed E-state index contributed by atoms with van der Waals surface area (Å²) in [4.78, 5) is 0. The molecule has 10 heavy (non-hydrogen) atoms. The second kappa shape index (κ2) is 1.26. The van der Waals surface area contributed by atoms with Crippen LogP contribution in [0, 0.1) is 23.7 Å². The minimum Gasteiger partial charge on any atom is -0.392 e. The highest BCUT2D eigenvalue weighted by Crippen LogP contribution is 2.70. The van der Waals surface area contributed by atoms with Crippen molar-refractivity contribution in [2.45, 2.75) is 18.3 Å². The van der Waals surface area contributed by atoms with E-state index in [-0.39, 0.29) is 23.7 Å². The van der Waals surface area contributed by atoms with E-state index >= 15 is 0 Å². The highest BCUT2D eigenvalue weighted by Gasteiger charge is 2.78. The molecule has 0 amide bonds. The van der Waals surface area contributed by atoms with Crippen LogP contribution < -0.4 is 0 Å². The molecule has 3 N–H and O–H groups in total. The minimum atomic E-state index is -0.417. The first kappa shape index (κ1) is 5.52. The molecule has 0 saturated heterocycles. The van der Waals surface area contributed by atoms with Gasteiger partial charge in [0.05, 0.1) is 18.3 Å². The van der Waals surface area contributed by atoms with Gasteiger partial charge in [-0.25, -0.2) is 0 Å². The smallest absolute Gasteiger partial charge is 0.0653 e. The summed E-state index contributed by atoms with van der Waals surface area (Å²) in [5.41, 5.74) is 0. The van der Waals surface area contributed by atoms with Gasteiger partial charge in [-0.1, -0.05) is 0 Å².